The quantitative estimate of drug-likeness (QED) is 0.674. The molecule has 0 bridgehead atoms. The van der Waals surface area contributed by atoms with E-state index in [1.54, 1.807) is 30.3 Å². The van der Waals surface area contributed by atoms with Crippen molar-refractivity contribution in [1.29, 1.82) is 0 Å². The zero-order valence-corrected chi connectivity index (χ0v) is 14.6. The van der Waals surface area contributed by atoms with Gasteiger partial charge in [-0.15, -0.1) is 0 Å². The summed E-state index contributed by atoms with van der Waals surface area (Å²) >= 11 is 0. The number of benzene rings is 3. The Morgan fingerprint density at radius 3 is 2.24 bits per heavy atom. The number of para-hydroxylation sites is 1. The van der Waals surface area contributed by atoms with Crippen LogP contribution in [0.4, 0.5) is 10.1 Å². The standard InChI is InChI=1S/C20H18FNO2S/c1-16-8-7-9-17(14-16)15-22(20-13-6-5-12-19(20)21)25(23,24)18-10-3-2-4-11-18/h2-14H,15H2,1H3. The molecule has 0 spiro atoms. The van der Waals surface area contributed by atoms with Gasteiger partial charge >= 0.3 is 0 Å². The fourth-order valence-electron chi connectivity index (χ4n) is 2.65. The van der Waals surface area contributed by atoms with Gasteiger partial charge in [0.1, 0.15) is 5.82 Å². The van der Waals surface area contributed by atoms with Crippen molar-refractivity contribution in [2.75, 3.05) is 4.31 Å². The molecular weight excluding hydrogens is 337 g/mol. The Balaban J connectivity index is 2.11. The Kier molecular flexibility index (Phi) is 4.86. The second-order valence-electron chi connectivity index (χ2n) is 5.77. The predicted octanol–water partition coefficient (Wildman–Crippen LogP) is 4.53. The number of anilines is 1. The largest absolute Gasteiger partial charge is 0.264 e. The SMILES string of the molecule is Cc1cccc(CN(c2ccccc2F)S(=O)(=O)c2ccccc2)c1. The van der Waals surface area contributed by atoms with E-state index in [-0.39, 0.29) is 17.1 Å². The first-order valence-electron chi connectivity index (χ1n) is 7.86. The summed E-state index contributed by atoms with van der Waals surface area (Å²) in [5.74, 6) is -0.574. The maximum atomic E-state index is 14.4. The monoisotopic (exact) mass is 355 g/mol. The maximum Gasteiger partial charge on any atom is 0.264 e. The minimum absolute atomic E-state index is 0.0351. The molecule has 0 unspecified atom stereocenters. The third-order valence-electron chi connectivity index (χ3n) is 3.86. The smallest absolute Gasteiger partial charge is 0.259 e. The van der Waals surface area contributed by atoms with E-state index in [9.17, 15) is 12.8 Å². The van der Waals surface area contributed by atoms with Gasteiger partial charge in [0.15, 0.2) is 0 Å². The van der Waals surface area contributed by atoms with Gasteiger partial charge in [0.2, 0.25) is 0 Å². The minimum atomic E-state index is -3.89. The molecule has 25 heavy (non-hydrogen) atoms. The highest BCUT2D eigenvalue weighted by Crippen LogP contribution is 2.28. The van der Waals surface area contributed by atoms with Gasteiger partial charge in [0.05, 0.1) is 17.1 Å². The molecule has 3 aromatic carbocycles. The molecule has 0 aliphatic rings. The van der Waals surface area contributed by atoms with E-state index in [4.69, 9.17) is 0 Å². The first kappa shape index (κ1) is 17.2. The van der Waals surface area contributed by atoms with Crippen LogP contribution in [0.15, 0.2) is 83.8 Å². The van der Waals surface area contributed by atoms with Crippen LogP contribution < -0.4 is 4.31 Å². The fourth-order valence-corrected chi connectivity index (χ4v) is 4.13. The molecule has 128 valence electrons. The van der Waals surface area contributed by atoms with Crippen molar-refractivity contribution < 1.29 is 12.8 Å². The van der Waals surface area contributed by atoms with Crippen LogP contribution in [-0.4, -0.2) is 8.42 Å². The lowest BCUT2D eigenvalue weighted by Crippen LogP contribution is -2.31. The van der Waals surface area contributed by atoms with Gasteiger partial charge in [0, 0.05) is 0 Å². The molecule has 0 saturated carbocycles. The molecule has 0 aliphatic carbocycles. The molecule has 3 rings (SSSR count). The lowest BCUT2D eigenvalue weighted by Gasteiger charge is -2.25. The van der Waals surface area contributed by atoms with Crippen LogP contribution in [0.5, 0.6) is 0 Å². The van der Waals surface area contributed by atoms with Gasteiger partial charge < -0.3 is 0 Å². The number of hydrogen-bond donors (Lipinski definition) is 0. The summed E-state index contributed by atoms with van der Waals surface area (Å²) in [5, 5.41) is 0. The van der Waals surface area contributed by atoms with E-state index in [1.165, 1.54) is 24.3 Å². The fraction of sp³-hybridized carbons (Fsp3) is 0.100. The van der Waals surface area contributed by atoms with E-state index in [1.807, 2.05) is 31.2 Å². The molecule has 0 saturated heterocycles. The normalized spacial score (nSPS) is 11.3. The molecule has 3 nitrogen and oxygen atoms in total. The van der Waals surface area contributed by atoms with Crippen molar-refractivity contribution in [3.63, 3.8) is 0 Å². The van der Waals surface area contributed by atoms with E-state index in [0.717, 1.165) is 15.4 Å². The molecule has 0 fully saturated rings. The predicted molar refractivity (Wildman–Crippen MR) is 97.4 cm³/mol. The first-order chi connectivity index (χ1) is 12.0. The van der Waals surface area contributed by atoms with Gasteiger partial charge in [-0.05, 0) is 36.8 Å². The Morgan fingerprint density at radius 1 is 0.880 bits per heavy atom. The summed E-state index contributed by atoms with van der Waals surface area (Å²) in [5.41, 5.74) is 1.85. The van der Waals surface area contributed by atoms with Gasteiger partial charge in [-0.1, -0.05) is 60.2 Å². The summed E-state index contributed by atoms with van der Waals surface area (Å²) < 4.78 is 41.7. The van der Waals surface area contributed by atoms with Crippen LogP contribution in [0.2, 0.25) is 0 Å². The van der Waals surface area contributed by atoms with Gasteiger partial charge in [-0.2, -0.15) is 0 Å². The van der Waals surface area contributed by atoms with E-state index in [0.29, 0.717) is 0 Å². The second kappa shape index (κ2) is 7.07. The third kappa shape index (κ3) is 3.72. The van der Waals surface area contributed by atoms with Crippen LogP contribution >= 0.6 is 0 Å². The molecule has 0 atom stereocenters. The van der Waals surface area contributed by atoms with Gasteiger partial charge in [-0.25, -0.2) is 12.8 Å². The van der Waals surface area contributed by atoms with Crippen molar-refractivity contribution >= 4 is 15.7 Å². The molecular formula is C20H18FNO2S. The Labute approximate surface area is 147 Å². The average molecular weight is 355 g/mol. The summed E-state index contributed by atoms with van der Waals surface area (Å²) in [7, 11) is -3.89. The van der Waals surface area contributed by atoms with Crippen molar-refractivity contribution in [2.45, 2.75) is 18.4 Å². The number of aryl methyl sites for hydroxylation is 1. The highest BCUT2D eigenvalue weighted by Gasteiger charge is 2.27. The number of rotatable bonds is 5. The van der Waals surface area contributed by atoms with Crippen molar-refractivity contribution in [3.05, 3.63) is 95.8 Å². The van der Waals surface area contributed by atoms with Crippen LogP contribution in [-0.2, 0) is 16.6 Å². The molecule has 0 aromatic heterocycles. The van der Waals surface area contributed by atoms with Crippen molar-refractivity contribution in [2.24, 2.45) is 0 Å². The van der Waals surface area contributed by atoms with Crippen LogP contribution in [0.25, 0.3) is 0 Å². The Hall–Kier alpha value is -2.66. The van der Waals surface area contributed by atoms with E-state index >= 15 is 0 Å². The van der Waals surface area contributed by atoms with Crippen LogP contribution in [0.1, 0.15) is 11.1 Å². The minimum Gasteiger partial charge on any atom is -0.259 e. The number of halogens is 1. The van der Waals surface area contributed by atoms with Crippen molar-refractivity contribution in [3.8, 4) is 0 Å². The van der Waals surface area contributed by atoms with E-state index < -0.39 is 15.8 Å². The summed E-state index contributed by atoms with van der Waals surface area (Å²) in [6.07, 6.45) is 0. The highest BCUT2D eigenvalue weighted by molar-refractivity contribution is 7.92. The molecule has 0 heterocycles. The molecule has 0 radical (unpaired) electrons. The average Bonchev–Trinajstić information content (AvgIpc) is 2.61. The molecule has 5 heteroatoms. The lowest BCUT2D eigenvalue weighted by molar-refractivity contribution is 0.584. The molecule has 0 amide bonds. The maximum absolute atomic E-state index is 14.4. The second-order valence-corrected chi connectivity index (χ2v) is 7.63. The Morgan fingerprint density at radius 2 is 1.56 bits per heavy atom. The highest BCUT2D eigenvalue weighted by atomic mass is 32.2. The Bertz CT molecular complexity index is 972. The number of sulfonamides is 1. The van der Waals surface area contributed by atoms with Gasteiger partial charge in [-0.3, -0.25) is 4.31 Å². The zero-order valence-electron chi connectivity index (χ0n) is 13.8. The first-order valence-corrected chi connectivity index (χ1v) is 9.30. The van der Waals surface area contributed by atoms with Crippen molar-refractivity contribution in [1.82, 2.24) is 0 Å². The lowest BCUT2D eigenvalue weighted by atomic mass is 10.1. The summed E-state index contributed by atoms with van der Waals surface area (Å²) in [4.78, 5) is 0.130. The van der Waals surface area contributed by atoms with Crippen LogP contribution in [0, 0.1) is 12.7 Å². The summed E-state index contributed by atoms with van der Waals surface area (Å²) in [6, 6.07) is 21.5. The summed E-state index contributed by atoms with van der Waals surface area (Å²) in [6.45, 7) is 1.99. The van der Waals surface area contributed by atoms with Gasteiger partial charge in [0.25, 0.3) is 10.0 Å². The number of hydrogen-bond acceptors (Lipinski definition) is 2. The topological polar surface area (TPSA) is 37.4 Å². The molecule has 0 aliphatic heterocycles. The number of nitrogens with zero attached hydrogens (tertiary/aromatic N) is 1. The molecule has 0 N–H and O–H groups in total. The third-order valence-corrected chi connectivity index (χ3v) is 5.63. The van der Waals surface area contributed by atoms with Crippen LogP contribution in [0.3, 0.4) is 0 Å². The molecule has 3 aromatic rings. The zero-order chi connectivity index (χ0) is 17.9. The van der Waals surface area contributed by atoms with E-state index in [2.05, 4.69) is 0 Å².